The van der Waals surface area contributed by atoms with Gasteiger partial charge in [-0.1, -0.05) is 42.0 Å². The third-order valence-corrected chi connectivity index (χ3v) is 6.73. The number of aliphatic carboxylic acids is 1. The number of ether oxygens (including phenoxy) is 1. The number of rotatable bonds is 10. The highest BCUT2D eigenvalue weighted by Gasteiger charge is 2.23. The van der Waals surface area contributed by atoms with Crippen molar-refractivity contribution >= 4 is 29.2 Å². The first-order valence-corrected chi connectivity index (χ1v) is 12.8. The van der Waals surface area contributed by atoms with Crippen LogP contribution in [-0.4, -0.2) is 44.5 Å². The number of nitrogens with zero attached hydrogens (tertiary/aromatic N) is 3. The number of carboxylic acid groups (broad SMARTS) is 1. The number of carboxylic acids is 1. The zero-order chi connectivity index (χ0) is 27.2. The van der Waals surface area contributed by atoms with Gasteiger partial charge in [0.05, 0.1) is 13.7 Å². The van der Waals surface area contributed by atoms with Crippen LogP contribution in [0.25, 0.3) is 11.4 Å². The third kappa shape index (κ3) is 6.51. The summed E-state index contributed by atoms with van der Waals surface area (Å²) in [5.74, 6) is 0.504. The van der Waals surface area contributed by atoms with E-state index < -0.39 is 12.0 Å². The van der Waals surface area contributed by atoms with Gasteiger partial charge in [-0.2, -0.15) is 4.37 Å². The van der Waals surface area contributed by atoms with Gasteiger partial charge >= 0.3 is 5.97 Å². The molecule has 3 N–H and O–H groups in total. The van der Waals surface area contributed by atoms with Crippen LogP contribution >= 0.6 is 11.5 Å². The molecule has 4 rings (SSSR count). The zero-order valence-electron chi connectivity index (χ0n) is 21.6. The molecular formula is C28H29N5O4S. The van der Waals surface area contributed by atoms with Crippen LogP contribution in [0.5, 0.6) is 5.75 Å². The second-order valence-electron chi connectivity index (χ2n) is 8.99. The Labute approximate surface area is 225 Å². The van der Waals surface area contributed by atoms with Crippen LogP contribution in [0.4, 0.5) is 5.82 Å². The lowest BCUT2D eigenvalue weighted by Crippen LogP contribution is -2.42. The number of carbonyl (C=O) groups excluding carboxylic acids is 1. The number of hydrogen-bond donors (Lipinski definition) is 3. The fourth-order valence-electron chi connectivity index (χ4n) is 4.24. The van der Waals surface area contributed by atoms with Gasteiger partial charge in [-0.3, -0.25) is 4.79 Å². The summed E-state index contributed by atoms with van der Waals surface area (Å²) in [5, 5.41) is 16.4. The zero-order valence-corrected chi connectivity index (χ0v) is 22.4. The molecule has 0 aliphatic rings. The molecule has 196 valence electrons. The lowest BCUT2D eigenvalue weighted by Gasteiger charge is -2.17. The minimum atomic E-state index is -1.09. The first-order valence-electron chi connectivity index (χ1n) is 12.0. The van der Waals surface area contributed by atoms with E-state index >= 15 is 0 Å². The van der Waals surface area contributed by atoms with E-state index in [2.05, 4.69) is 25.0 Å². The topological polar surface area (TPSA) is 126 Å². The maximum atomic E-state index is 12.9. The number of pyridine rings is 1. The Bertz CT molecular complexity index is 1430. The van der Waals surface area contributed by atoms with Crippen molar-refractivity contribution in [2.24, 2.45) is 0 Å². The average molecular weight is 532 g/mol. The highest BCUT2D eigenvalue weighted by Crippen LogP contribution is 2.21. The van der Waals surface area contributed by atoms with Crippen LogP contribution in [0, 0.1) is 20.8 Å². The smallest absolute Gasteiger partial charge is 0.326 e. The lowest BCUT2D eigenvalue weighted by molar-refractivity contribution is -0.139. The van der Waals surface area contributed by atoms with Crippen LogP contribution in [0.15, 0.2) is 54.7 Å². The second-order valence-corrected chi connectivity index (χ2v) is 9.82. The van der Waals surface area contributed by atoms with Gasteiger partial charge in [0.25, 0.3) is 5.91 Å². The van der Waals surface area contributed by atoms with E-state index in [0.717, 1.165) is 32.8 Å². The summed E-state index contributed by atoms with van der Waals surface area (Å²) in [6.07, 6.45) is 1.82. The van der Waals surface area contributed by atoms with E-state index in [4.69, 9.17) is 4.74 Å². The van der Waals surface area contributed by atoms with Gasteiger partial charge in [0.2, 0.25) is 0 Å². The molecule has 10 heteroatoms. The number of carbonyl (C=O) groups is 2. The second kappa shape index (κ2) is 11.8. The molecule has 2 heterocycles. The highest BCUT2D eigenvalue weighted by atomic mass is 32.1. The molecule has 0 bridgehead atoms. The first kappa shape index (κ1) is 26.7. The predicted octanol–water partition coefficient (Wildman–Crippen LogP) is 4.57. The Kier molecular flexibility index (Phi) is 8.32. The van der Waals surface area contributed by atoms with Crippen LogP contribution in [0.2, 0.25) is 0 Å². The van der Waals surface area contributed by atoms with Gasteiger partial charge in [0.1, 0.15) is 22.6 Å². The Hall–Kier alpha value is -4.31. The normalized spacial score (nSPS) is 11.6. The minimum Gasteiger partial charge on any atom is -0.497 e. The molecule has 4 aromatic rings. The van der Waals surface area contributed by atoms with Crippen molar-refractivity contribution in [1.82, 2.24) is 19.7 Å². The molecular weight excluding hydrogens is 502 g/mol. The van der Waals surface area contributed by atoms with Gasteiger partial charge in [-0.05, 0) is 55.1 Å². The fraction of sp³-hybridized carbons (Fsp3) is 0.250. The quantitative estimate of drug-likeness (QED) is 0.272. The SMILES string of the molecule is COc1ccnc(NCc2nc(-c3ccc(CC(NC(=O)c4c(C)cc(C)cc4C)C(=O)O)cc3)ns2)c1. The Morgan fingerprint density at radius 3 is 2.42 bits per heavy atom. The molecule has 0 aliphatic heterocycles. The largest absolute Gasteiger partial charge is 0.497 e. The van der Waals surface area contributed by atoms with Crippen molar-refractivity contribution < 1.29 is 19.4 Å². The van der Waals surface area contributed by atoms with Crippen molar-refractivity contribution in [2.75, 3.05) is 12.4 Å². The number of nitrogens with one attached hydrogen (secondary N) is 2. The van der Waals surface area contributed by atoms with Crippen molar-refractivity contribution in [3.05, 3.63) is 87.6 Å². The van der Waals surface area contributed by atoms with E-state index in [0.29, 0.717) is 29.5 Å². The first-order chi connectivity index (χ1) is 18.2. The molecule has 0 fully saturated rings. The molecule has 1 atom stereocenters. The van der Waals surface area contributed by atoms with Gasteiger partial charge in [0.15, 0.2) is 5.82 Å². The molecule has 0 aliphatic carbocycles. The Morgan fingerprint density at radius 2 is 1.76 bits per heavy atom. The number of benzene rings is 2. The molecule has 2 aromatic carbocycles. The standard InChI is InChI=1S/C28H29N5O4S/c1-16-11-17(2)25(18(3)12-16)27(34)31-22(28(35)36)13-19-5-7-20(8-6-19)26-32-24(38-33-26)15-30-23-14-21(37-4)9-10-29-23/h5-12,14,22H,13,15H2,1-4H3,(H,29,30)(H,31,34)(H,35,36). The van der Waals surface area contributed by atoms with Crippen molar-refractivity contribution in [3.8, 4) is 17.1 Å². The Morgan fingerprint density at radius 1 is 1.05 bits per heavy atom. The molecule has 38 heavy (non-hydrogen) atoms. The van der Waals surface area contributed by atoms with E-state index in [9.17, 15) is 14.7 Å². The van der Waals surface area contributed by atoms with Gasteiger partial charge < -0.3 is 20.5 Å². The van der Waals surface area contributed by atoms with Crippen molar-refractivity contribution in [3.63, 3.8) is 0 Å². The van der Waals surface area contributed by atoms with Crippen LogP contribution in [0.1, 0.15) is 37.6 Å². The predicted molar refractivity (Wildman–Crippen MR) is 147 cm³/mol. The lowest BCUT2D eigenvalue weighted by atomic mass is 9.98. The molecule has 0 saturated carbocycles. The van der Waals surface area contributed by atoms with Gasteiger partial charge in [0, 0.05) is 29.8 Å². The average Bonchev–Trinajstić information content (AvgIpc) is 3.36. The number of amides is 1. The summed E-state index contributed by atoms with van der Waals surface area (Å²) >= 11 is 1.29. The molecule has 1 amide bonds. The molecule has 9 nitrogen and oxygen atoms in total. The maximum Gasteiger partial charge on any atom is 0.326 e. The minimum absolute atomic E-state index is 0.151. The fourth-order valence-corrected chi connectivity index (χ4v) is 4.84. The Balaban J connectivity index is 1.39. The van der Waals surface area contributed by atoms with Gasteiger partial charge in [-0.15, -0.1) is 0 Å². The van der Waals surface area contributed by atoms with Crippen molar-refractivity contribution in [1.29, 1.82) is 0 Å². The summed E-state index contributed by atoms with van der Waals surface area (Å²) < 4.78 is 9.65. The number of anilines is 1. The summed E-state index contributed by atoms with van der Waals surface area (Å²) in [5.41, 5.74) is 4.80. The number of aromatic nitrogens is 3. The molecule has 0 spiro atoms. The molecule has 0 saturated heterocycles. The maximum absolute atomic E-state index is 12.9. The van der Waals surface area contributed by atoms with E-state index in [1.165, 1.54) is 11.5 Å². The van der Waals surface area contributed by atoms with E-state index in [1.807, 2.05) is 57.2 Å². The molecule has 1 unspecified atom stereocenters. The van der Waals surface area contributed by atoms with Crippen LogP contribution < -0.4 is 15.4 Å². The molecule has 0 radical (unpaired) electrons. The number of aryl methyl sites for hydroxylation is 3. The highest BCUT2D eigenvalue weighted by molar-refractivity contribution is 7.05. The molecule has 2 aromatic heterocycles. The van der Waals surface area contributed by atoms with Crippen molar-refractivity contribution in [2.45, 2.75) is 39.8 Å². The number of hydrogen-bond acceptors (Lipinski definition) is 8. The summed E-state index contributed by atoms with van der Waals surface area (Å²) in [7, 11) is 1.60. The summed E-state index contributed by atoms with van der Waals surface area (Å²) in [6.45, 7) is 6.14. The summed E-state index contributed by atoms with van der Waals surface area (Å²) in [4.78, 5) is 33.7. The van der Waals surface area contributed by atoms with Gasteiger partial charge in [-0.25, -0.2) is 14.8 Å². The van der Waals surface area contributed by atoms with Crippen LogP contribution in [-0.2, 0) is 17.8 Å². The number of methoxy groups -OCH3 is 1. The van der Waals surface area contributed by atoms with E-state index in [1.54, 1.807) is 25.4 Å². The monoisotopic (exact) mass is 531 g/mol. The van der Waals surface area contributed by atoms with Crippen LogP contribution in [0.3, 0.4) is 0 Å². The van der Waals surface area contributed by atoms with E-state index in [-0.39, 0.29) is 12.3 Å². The summed E-state index contributed by atoms with van der Waals surface area (Å²) in [6, 6.07) is 13.7. The third-order valence-electron chi connectivity index (χ3n) is 6.02.